The summed E-state index contributed by atoms with van der Waals surface area (Å²) in [5.74, 6) is 0.105. The SMILES string of the molecule is CS(=O)(=O)c1ccc(C2=NCc3cc4c(cc32)CN(Cc2cccc(Cl)c2)C(=O)C4)cc1. The van der Waals surface area contributed by atoms with Gasteiger partial charge < -0.3 is 4.90 Å². The van der Waals surface area contributed by atoms with Crippen molar-refractivity contribution in [2.45, 2.75) is 31.0 Å². The van der Waals surface area contributed by atoms with Crippen LogP contribution < -0.4 is 0 Å². The number of benzene rings is 3. The fourth-order valence-corrected chi connectivity index (χ4v) is 5.17. The number of fused-ring (bicyclic) bond motifs is 2. The van der Waals surface area contributed by atoms with Crippen LogP contribution in [-0.4, -0.2) is 31.2 Å². The molecule has 0 spiro atoms. The van der Waals surface area contributed by atoms with Crippen molar-refractivity contribution in [2.75, 3.05) is 6.26 Å². The van der Waals surface area contributed by atoms with Crippen molar-refractivity contribution >= 4 is 33.1 Å². The second kappa shape index (κ2) is 7.87. The molecule has 0 radical (unpaired) electrons. The lowest BCUT2D eigenvalue weighted by Gasteiger charge is -2.29. The number of nitrogens with zero attached hydrogens (tertiary/aromatic N) is 2. The molecule has 32 heavy (non-hydrogen) atoms. The molecule has 5 nitrogen and oxygen atoms in total. The van der Waals surface area contributed by atoms with Crippen molar-refractivity contribution in [3.8, 4) is 0 Å². The summed E-state index contributed by atoms with van der Waals surface area (Å²) in [4.78, 5) is 19.6. The lowest BCUT2D eigenvalue weighted by Crippen LogP contribution is -2.35. The van der Waals surface area contributed by atoms with Gasteiger partial charge >= 0.3 is 0 Å². The Bertz CT molecular complexity index is 1380. The highest BCUT2D eigenvalue weighted by Crippen LogP contribution is 2.31. The Morgan fingerprint density at radius 3 is 2.50 bits per heavy atom. The van der Waals surface area contributed by atoms with Gasteiger partial charge in [-0.1, -0.05) is 41.9 Å². The van der Waals surface area contributed by atoms with E-state index in [0.29, 0.717) is 36.0 Å². The highest BCUT2D eigenvalue weighted by molar-refractivity contribution is 7.90. The van der Waals surface area contributed by atoms with Crippen molar-refractivity contribution in [1.29, 1.82) is 0 Å². The van der Waals surface area contributed by atoms with Crippen LogP contribution >= 0.6 is 11.6 Å². The van der Waals surface area contributed by atoms with E-state index in [9.17, 15) is 13.2 Å². The van der Waals surface area contributed by atoms with Crippen LogP contribution in [-0.2, 0) is 40.7 Å². The smallest absolute Gasteiger partial charge is 0.227 e. The van der Waals surface area contributed by atoms with E-state index < -0.39 is 9.84 Å². The van der Waals surface area contributed by atoms with Crippen molar-refractivity contribution in [3.63, 3.8) is 0 Å². The Balaban J connectivity index is 1.43. The van der Waals surface area contributed by atoms with Crippen molar-refractivity contribution in [3.05, 3.63) is 99.1 Å². The third-order valence-electron chi connectivity index (χ3n) is 5.96. The molecule has 2 aliphatic rings. The lowest BCUT2D eigenvalue weighted by atomic mass is 9.91. The zero-order chi connectivity index (χ0) is 22.5. The van der Waals surface area contributed by atoms with Crippen LogP contribution in [0, 0.1) is 0 Å². The van der Waals surface area contributed by atoms with Gasteiger partial charge in [0.2, 0.25) is 5.91 Å². The first-order valence-electron chi connectivity index (χ1n) is 10.3. The number of hydrogen-bond acceptors (Lipinski definition) is 4. The number of carbonyl (C=O) groups is 1. The third-order valence-corrected chi connectivity index (χ3v) is 7.33. The maximum Gasteiger partial charge on any atom is 0.227 e. The molecular formula is C25H21ClN2O3S. The van der Waals surface area contributed by atoms with Gasteiger partial charge in [-0.25, -0.2) is 8.42 Å². The molecule has 0 saturated heterocycles. The molecule has 0 aromatic heterocycles. The van der Waals surface area contributed by atoms with Crippen LogP contribution in [0.4, 0.5) is 0 Å². The fourth-order valence-electron chi connectivity index (χ4n) is 4.33. The molecule has 3 aromatic carbocycles. The number of hydrogen-bond donors (Lipinski definition) is 0. The van der Waals surface area contributed by atoms with Crippen molar-refractivity contribution < 1.29 is 13.2 Å². The zero-order valence-corrected chi connectivity index (χ0v) is 19.1. The first-order valence-corrected chi connectivity index (χ1v) is 12.6. The first kappa shape index (κ1) is 20.9. The van der Waals surface area contributed by atoms with Gasteiger partial charge in [0.1, 0.15) is 0 Å². The Kier molecular flexibility index (Phi) is 5.14. The molecule has 7 heteroatoms. The maximum atomic E-state index is 12.8. The van der Waals surface area contributed by atoms with E-state index in [0.717, 1.165) is 39.1 Å². The Hall–Kier alpha value is -2.96. The van der Waals surface area contributed by atoms with E-state index in [1.165, 1.54) is 6.26 Å². The summed E-state index contributed by atoms with van der Waals surface area (Å²) in [7, 11) is -3.24. The Morgan fingerprint density at radius 2 is 1.78 bits per heavy atom. The summed E-state index contributed by atoms with van der Waals surface area (Å²) in [6.07, 6.45) is 1.58. The zero-order valence-electron chi connectivity index (χ0n) is 17.5. The van der Waals surface area contributed by atoms with E-state index in [-0.39, 0.29) is 5.91 Å². The van der Waals surface area contributed by atoms with E-state index in [2.05, 4.69) is 12.1 Å². The van der Waals surface area contributed by atoms with Crippen molar-refractivity contribution in [1.82, 2.24) is 4.90 Å². The molecule has 0 aliphatic carbocycles. The van der Waals surface area contributed by atoms with Crippen LogP contribution in [0.5, 0.6) is 0 Å². The predicted molar refractivity (Wildman–Crippen MR) is 125 cm³/mol. The lowest BCUT2D eigenvalue weighted by molar-refractivity contribution is -0.132. The highest BCUT2D eigenvalue weighted by atomic mass is 35.5. The number of carbonyl (C=O) groups excluding carboxylic acids is 1. The highest BCUT2D eigenvalue weighted by Gasteiger charge is 2.27. The van der Waals surface area contributed by atoms with Gasteiger partial charge in [0.05, 0.1) is 23.6 Å². The summed E-state index contributed by atoms with van der Waals surface area (Å²) in [6, 6.07) is 18.7. The average molecular weight is 465 g/mol. The second-order valence-corrected chi connectivity index (χ2v) is 10.7. The van der Waals surface area contributed by atoms with Gasteiger partial charge in [0.25, 0.3) is 0 Å². The number of aliphatic imine (C=N–C) groups is 1. The number of rotatable bonds is 4. The van der Waals surface area contributed by atoms with Gasteiger partial charge in [-0.15, -0.1) is 0 Å². The van der Waals surface area contributed by atoms with E-state index in [1.807, 2.05) is 29.2 Å². The summed E-state index contributed by atoms with van der Waals surface area (Å²) in [5.41, 5.74) is 7.08. The molecule has 0 bridgehead atoms. The number of halogens is 1. The Morgan fingerprint density at radius 1 is 1.00 bits per heavy atom. The molecule has 0 unspecified atom stereocenters. The largest absolute Gasteiger partial charge is 0.334 e. The minimum Gasteiger partial charge on any atom is -0.334 e. The normalized spacial score (nSPS) is 15.4. The topological polar surface area (TPSA) is 66.8 Å². The van der Waals surface area contributed by atoms with Crippen LogP contribution in [0.15, 0.2) is 70.6 Å². The molecule has 0 atom stereocenters. The molecule has 162 valence electrons. The summed E-state index contributed by atoms with van der Waals surface area (Å²) in [6.45, 7) is 1.62. The molecule has 3 aromatic rings. The molecule has 0 saturated carbocycles. The molecule has 1 amide bonds. The van der Waals surface area contributed by atoms with Crippen LogP contribution in [0.1, 0.15) is 33.4 Å². The molecule has 2 heterocycles. The van der Waals surface area contributed by atoms with Crippen LogP contribution in [0.2, 0.25) is 5.02 Å². The molecule has 0 N–H and O–H groups in total. The molecule has 2 aliphatic heterocycles. The fraction of sp³-hybridized carbons (Fsp3) is 0.200. The van der Waals surface area contributed by atoms with Crippen LogP contribution in [0.3, 0.4) is 0 Å². The quantitative estimate of drug-likeness (QED) is 0.581. The van der Waals surface area contributed by atoms with Gasteiger partial charge in [-0.2, -0.15) is 0 Å². The number of amides is 1. The maximum absolute atomic E-state index is 12.8. The molecular weight excluding hydrogens is 444 g/mol. The van der Waals surface area contributed by atoms with Gasteiger partial charge in [0.15, 0.2) is 9.84 Å². The second-order valence-electron chi connectivity index (χ2n) is 8.30. The van der Waals surface area contributed by atoms with Gasteiger partial charge in [-0.05, 0) is 52.6 Å². The monoisotopic (exact) mass is 464 g/mol. The number of sulfone groups is 1. The first-order chi connectivity index (χ1) is 15.3. The van der Waals surface area contributed by atoms with E-state index >= 15 is 0 Å². The average Bonchev–Trinajstić information content (AvgIpc) is 3.15. The molecule has 5 rings (SSSR count). The van der Waals surface area contributed by atoms with E-state index in [1.54, 1.807) is 24.3 Å². The minimum absolute atomic E-state index is 0.105. The van der Waals surface area contributed by atoms with Crippen molar-refractivity contribution in [2.24, 2.45) is 4.99 Å². The van der Waals surface area contributed by atoms with Gasteiger partial charge in [-0.3, -0.25) is 9.79 Å². The van der Waals surface area contributed by atoms with E-state index in [4.69, 9.17) is 16.6 Å². The predicted octanol–water partition coefficient (Wildman–Crippen LogP) is 4.18. The summed E-state index contributed by atoms with van der Waals surface area (Å²) in [5, 5.41) is 0.660. The summed E-state index contributed by atoms with van der Waals surface area (Å²) < 4.78 is 23.5. The van der Waals surface area contributed by atoms with Gasteiger partial charge in [0, 0.05) is 35.5 Å². The minimum atomic E-state index is -3.24. The third kappa shape index (κ3) is 3.96. The Labute approximate surface area is 192 Å². The molecule has 0 fully saturated rings. The summed E-state index contributed by atoms with van der Waals surface area (Å²) >= 11 is 6.10. The van der Waals surface area contributed by atoms with Crippen LogP contribution in [0.25, 0.3) is 0 Å². The standard InChI is InChI=1S/C25H21ClN2O3S/c1-32(30,31)22-7-5-17(6-8-22)25-23-11-20-15-28(14-16-3-2-4-21(26)9-16)24(29)12-18(20)10-19(23)13-27-25/h2-11H,12-15H2,1H3.